The molecule has 0 aliphatic carbocycles. The van der Waals surface area contributed by atoms with Crippen molar-refractivity contribution in [2.75, 3.05) is 43.6 Å². The van der Waals surface area contributed by atoms with Gasteiger partial charge in [0.2, 0.25) is 0 Å². The van der Waals surface area contributed by atoms with Crippen LogP contribution in [0.2, 0.25) is 0 Å². The molecule has 1 saturated heterocycles. The van der Waals surface area contributed by atoms with Crippen molar-refractivity contribution in [3.63, 3.8) is 0 Å². The monoisotopic (exact) mass is 581 g/mol. The maximum absolute atomic E-state index is 13.1. The van der Waals surface area contributed by atoms with Gasteiger partial charge in [-0.05, 0) is 76.7 Å². The van der Waals surface area contributed by atoms with Crippen molar-refractivity contribution in [3.8, 4) is 0 Å². The highest BCUT2D eigenvalue weighted by Crippen LogP contribution is 2.40. The van der Waals surface area contributed by atoms with Crippen LogP contribution >= 0.6 is 15.9 Å². The van der Waals surface area contributed by atoms with E-state index >= 15 is 0 Å². The van der Waals surface area contributed by atoms with Gasteiger partial charge in [-0.3, -0.25) is 0 Å². The number of piperidine rings is 1. The topological polar surface area (TPSA) is 107 Å². The zero-order chi connectivity index (χ0) is 27.4. The van der Waals surface area contributed by atoms with Crippen molar-refractivity contribution in [1.29, 1.82) is 0 Å². The fourth-order valence-electron chi connectivity index (χ4n) is 4.26. The predicted octanol–water partition coefficient (Wildman–Crippen LogP) is 5.52. The highest BCUT2D eigenvalue weighted by Gasteiger charge is 2.29. The average Bonchev–Trinajstić information content (AvgIpc) is 3.13. The third kappa shape index (κ3) is 7.98. The fraction of sp³-hybridized carbons (Fsp3) is 0.654. The van der Waals surface area contributed by atoms with Crippen LogP contribution < -0.4 is 15.5 Å². The van der Waals surface area contributed by atoms with E-state index in [0.717, 1.165) is 47.0 Å². The SMILES string of the molecule is COCCCNc1cn(C(=O)OC(C)(C)C)c2ncc(Br)c(N3CCCC(NC(=O)OC(C)(C)C)C3)c12. The number of fused-ring (bicyclic) bond motifs is 1. The van der Waals surface area contributed by atoms with Crippen LogP contribution in [-0.2, 0) is 14.2 Å². The molecule has 1 unspecified atom stereocenters. The summed E-state index contributed by atoms with van der Waals surface area (Å²) in [5.41, 5.74) is 0.988. The van der Waals surface area contributed by atoms with Crippen LogP contribution in [0.5, 0.6) is 0 Å². The van der Waals surface area contributed by atoms with Crippen LogP contribution in [0.25, 0.3) is 11.0 Å². The quantitative estimate of drug-likeness (QED) is 0.411. The summed E-state index contributed by atoms with van der Waals surface area (Å²) in [5.74, 6) is 0. The Balaban J connectivity index is 1.97. The van der Waals surface area contributed by atoms with Gasteiger partial charge >= 0.3 is 12.2 Å². The maximum Gasteiger partial charge on any atom is 0.420 e. The van der Waals surface area contributed by atoms with Gasteiger partial charge in [0.1, 0.15) is 11.2 Å². The molecule has 0 saturated carbocycles. The summed E-state index contributed by atoms with van der Waals surface area (Å²) in [6, 6.07) is -0.0789. The number of ether oxygens (including phenoxy) is 3. The zero-order valence-corrected chi connectivity index (χ0v) is 24.5. The third-order valence-corrected chi connectivity index (χ3v) is 6.21. The fourth-order valence-corrected chi connectivity index (χ4v) is 4.81. The molecule has 2 aromatic heterocycles. The molecule has 10 nitrogen and oxygen atoms in total. The molecule has 2 N–H and O–H groups in total. The first-order valence-corrected chi connectivity index (χ1v) is 13.5. The van der Waals surface area contributed by atoms with E-state index < -0.39 is 23.4 Å². The molecule has 206 valence electrons. The number of alkyl carbamates (subject to hydrolysis) is 1. The largest absolute Gasteiger partial charge is 0.444 e. The number of nitrogens with zero attached hydrogens (tertiary/aromatic N) is 3. The van der Waals surface area contributed by atoms with E-state index in [0.29, 0.717) is 25.3 Å². The van der Waals surface area contributed by atoms with Gasteiger partial charge in [-0.25, -0.2) is 19.1 Å². The van der Waals surface area contributed by atoms with E-state index in [4.69, 9.17) is 14.2 Å². The summed E-state index contributed by atoms with van der Waals surface area (Å²) in [6.45, 7) is 13.7. The number of aromatic nitrogens is 2. The maximum atomic E-state index is 13.1. The third-order valence-electron chi connectivity index (χ3n) is 5.63. The summed E-state index contributed by atoms with van der Waals surface area (Å²) in [5, 5.41) is 7.28. The molecule has 11 heteroatoms. The molecule has 0 bridgehead atoms. The minimum atomic E-state index is -0.647. The van der Waals surface area contributed by atoms with Crippen molar-refractivity contribution in [3.05, 3.63) is 16.9 Å². The van der Waals surface area contributed by atoms with E-state index in [-0.39, 0.29) is 6.04 Å². The summed E-state index contributed by atoms with van der Waals surface area (Å²) >= 11 is 3.70. The summed E-state index contributed by atoms with van der Waals surface area (Å²) < 4.78 is 18.6. The van der Waals surface area contributed by atoms with Crippen LogP contribution in [-0.4, -0.2) is 72.3 Å². The van der Waals surface area contributed by atoms with Crippen LogP contribution in [0.15, 0.2) is 16.9 Å². The van der Waals surface area contributed by atoms with Gasteiger partial charge in [0.05, 0.1) is 21.2 Å². The molecule has 1 aliphatic heterocycles. The smallest absolute Gasteiger partial charge is 0.420 e. The molecule has 0 radical (unpaired) electrons. The molecule has 37 heavy (non-hydrogen) atoms. The number of hydrogen-bond donors (Lipinski definition) is 2. The first-order valence-electron chi connectivity index (χ1n) is 12.7. The molecule has 2 aromatic rings. The number of halogens is 1. The molecular formula is C26H40BrN5O5. The zero-order valence-electron chi connectivity index (χ0n) is 22.9. The number of nitrogens with one attached hydrogen (secondary N) is 2. The van der Waals surface area contributed by atoms with Crippen molar-refractivity contribution < 1.29 is 23.8 Å². The number of carbonyl (C=O) groups is 2. The minimum absolute atomic E-state index is 0.0789. The predicted molar refractivity (Wildman–Crippen MR) is 149 cm³/mol. The molecule has 0 spiro atoms. The molecule has 1 fully saturated rings. The van der Waals surface area contributed by atoms with E-state index in [9.17, 15) is 9.59 Å². The number of pyridine rings is 1. The standard InChI is InChI=1S/C26H40BrN5O5/c1-25(2,3)36-23(33)30-17-10-8-12-31(15-17)21-18(27)14-29-22-20(21)19(28-11-9-13-35-7)16-32(22)24(34)37-26(4,5)6/h14,16-17,28H,8-13,15H2,1-7H3,(H,30,33). The lowest BCUT2D eigenvalue weighted by Crippen LogP contribution is -2.49. The first kappa shape index (κ1) is 29.0. The van der Waals surface area contributed by atoms with Crippen LogP contribution in [0, 0.1) is 0 Å². The summed E-state index contributed by atoms with van der Waals surface area (Å²) in [6.07, 6.45) is 5.08. The second-order valence-electron chi connectivity index (χ2n) is 11.3. The van der Waals surface area contributed by atoms with Crippen LogP contribution in [0.4, 0.5) is 21.0 Å². The Bertz CT molecular complexity index is 1110. The van der Waals surface area contributed by atoms with Crippen LogP contribution in [0.1, 0.15) is 60.8 Å². The summed E-state index contributed by atoms with van der Waals surface area (Å²) in [7, 11) is 1.67. The van der Waals surface area contributed by atoms with Crippen molar-refractivity contribution >= 4 is 50.5 Å². The lowest BCUT2D eigenvalue weighted by molar-refractivity contribution is 0.0497. The van der Waals surface area contributed by atoms with E-state index in [1.165, 1.54) is 4.57 Å². The molecule has 3 heterocycles. The second kappa shape index (κ2) is 11.9. The summed E-state index contributed by atoms with van der Waals surface area (Å²) in [4.78, 5) is 32.3. The highest BCUT2D eigenvalue weighted by molar-refractivity contribution is 9.10. The van der Waals surface area contributed by atoms with Gasteiger partial charge in [0.15, 0.2) is 5.65 Å². The van der Waals surface area contributed by atoms with Gasteiger partial charge < -0.3 is 29.7 Å². The molecular weight excluding hydrogens is 542 g/mol. The van der Waals surface area contributed by atoms with Gasteiger partial charge in [0.25, 0.3) is 0 Å². The number of methoxy groups -OCH3 is 1. The highest BCUT2D eigenvalue weighted by atomic mass is 79.9. The Morgan fingerprint density at radius 2 is 1.86 bits per heavy atom. The van der Waals surface area contributed by atoms with E-state index in [1.54, 1.807) is 19.5 Å². The van der Waals surface area contributed by atoms with E-state index in [1.807, 2.05) is 41.5 Å². The van der Waals surface area contributed by atoms with Gasteiger partial charge in [-0.15, -0.1) is 0 Å². The second-order valence-corrected chi connectivity index (χ2v) is 12.1. The normalized spacial score (nSPS) is 16.5. The lowest BCUT2D eigenvalue weighted by atomic mass is 10.0. The Morgan fingerprint density at radius 1 is 1.16 bits per heavy atom. The molecule has 3 rings (SSSR count). The number of rotatable bonds is 7. The average molecular weight is 583 g/mol. The Hall–Kier alpha value is -2.53. The first-order chi connectivity index (χ1) is 17.3. The number of hydrogen-bond acceptors (Lipinski definition) is 8. The minimum Gasteiger partial charge on any atom is -0.444 e. The van der Waals surface area contributed by atoms with Crippen molar-refractivity contribution in [2.45, 2.75) is 78.0 Å². The van der Waals surface area contributed by atoms with Crippen LogP contribution in [0.3, 0.4) is 0 Å². The number of amides is 1. The number of carbonyl (C=O) groups excluding carboxylic acids is 2. The molecule has 1 amide bonds. The van der Waals surface area contributed by atoms with E-state index in [2.05, 4.69) is 36.4 Å². The van der Waals surface area contributed by atoms with Gasteiger partial charge in [-0.2, -0.15) is 0 Å². The molecule has 1 aliphatic rings. The Labute approximate surface area is 227 Å². The van der Waals surface area contributed by atoms with Crippen molar-refractivity contribution in [2.24, 2.45) is 0 Å². The van der Waals surface area contributed by atoms with Gasteiger partial charge in [0, 0.05) is 51.8 Å². The molecule has 1 atom stereocenters. The van der Waals surface area contributed by atoms with Crippen molar-refractivity contribution in [1.82, 2.24) is 14.9 Å². The Kier molecular flexibility index (Phi) is 9.33. The Morgan fingerprint density at radius 3 is 2.51 bits per heavy atom. The lowest BCUT2D eigenvalue weighted by Gasteiger charge is -2.36. The van der Waals surface area contributed by atoms with Gasteiger partial charge in [-0.1, -0.05) is 0 Å². The number of anilines is 2. The molecule has 0 aromatic carbocycles.